The van der Waals surface area contributed by atoms with E-state index in [9.17, 15) is 9.59 Å². The smallest absolute Gasteiger partial charge is 0.261 e. The lowest BCUT2D eigenvalue weighted by Crippen LogP contribution is -2.29. The maximum atomic E-state index is 12.7. The first kappa shape index (κ1) is 23.8. The standard InChI is InChI=1S/C24H26N6O5S/c1-13(2)26-22(32)18-11-15-21(27-24(25)28-23(15)36-18)20(14-5-6-16-17(10-14)34-12-33-16)29-35-9-8-30-7-3-4-19(30)31/h5-6,10-11,13H,3-4,7-9,12H2,1-2H3,(H,26,32)(H2,25,27,28). The van der Waals surface area contributed by atoms with Gasteiger partial charge in [0.25, 0.3) is 5.91 Å². The molecule has 1 aromatic carbocycles. The maximum absolute atomic E-state index is 12.7. The first-order chi connectivity index (χ1) is 17.4. The Kier molecular flexibility index (Phi) is 6.59. The van der Waals surface area contributed by atoms with Gasteiger partial charge in [0.15, 0.2) is 11.5 Å². The van der Waals surface area contributed by atoms with Crippen LogP contribution in [0, 0.1) is 0 Å². The van der Waals surface area contributed by atoms with Crippen LogP contribution in [0.4, 0.5) is 5.95 Å². The van der Waals surface area contributed by atoms with E-state index in [1.54, 1.807) is 23.1 Å². The Hall–Kier alpha value is -3.93. The predicted molar refractivity (Wildman–Crippen MR) is 134 cm³/mol. The highest BCUT2D eigenvalue weighted by Gasteiger charge is 2.23. The second kappa shape index (κ2) is 9.97. The number of hydrogen-bond acceptors (Lipinski definition) is 10. The van der Waals surface area contributed by atoms with Crippen LogP contribution in [0.2, 0.25) is 0 Å². The molecule has 0 spiro atoms. The van der Waals surface area contributed by atoms with Crippen molar-refractivity contribution >= 4 is 45.0 Å². The van der Waals surface area contributed by atoms with Gasteiger partial charge >= 0.3 is 0 Å². The number of nitrogens with two attached hydrogens (primary N) is 1. The Morgan fingerprint density at radius 1 is 1.28 bits per heavy atom. The molecule has 1 fully saturated rings. The fourth-order valence-electron chi connectivity index (χ4n) is 4.04. The van der Waals surface area contributed by atoms with Crippen molar-refractivity contribution in [3.8, 4) is 11.5 Å². The van der Waals surface area contributed by atoms with E-state index in [1.807, 2.05) is 19.9 Å². The van der Waals surface area contributed by atoms with Gasteiger partial charge in [0, 0.05) is 30.0 Å². The summed E-state index contributed by atoms with van der Waals surface area (Å²) in [7, 11) is 0. The largest absolute Gasteiger partial charge is 0.454 e. The average Bonchev–Trinajstić information content (AvgIpc) is 3.57. The summed E-state index contributed by atoms with van der Waals surface area (Å²) in [5.74, 6) is 1.16. The molecule has 11 nitrogen and oxygen atoms in total. The number of nitrogens with zero attached hydrogens (tertiary/aromatic N) is 4. The van der Waals surface area contributed by atoms with Crippen molar-refractivity contribution in [3.63, 3.8) is 0 Å². The quantitative estimate of drug-likeness (QED) is 0.268. The van der Waals surface area contributed by atoms with E-state index in [4.69, 9.17) is 20.0 Å². The van der Waals surface area contributed by atoms with E-state index in [1.165, 1.54) is 11.3 Å². The second-order valence-electron chi connectivity index (χ2n) is 8.71. The van der Waals surface area contributed by atoms with Crippen LogP contribution < -0.4 is 20.5 Å². The van der Waals surface area contributed by atoms with Gasteiger partial charge in [-0.25, -0.2) is 9.97 Å². The van der Waals surface area contributed by atoms with Gasteiger partial charge in [-0.15, -0.1) is 11.3 Å². The Balaban J connectivity index is 1.52. The molecule has 0 unspecified atom stereocenters. The highest BCUT2D eigenvalue weighted by Crippen LogP contribution is 2.34. The lowest BCUT2D eigenvalue weighted by Gasteiger charge is -2.14. The average molecular weight is 511 g/mol. The zero-order valence-electron chi connectivity index (χ0n) is 19.9. The summed E-state index contributed by atoms with van der Waals surface area (Å²) in [6.45, 7) is 5.30. The Bertz CT molecular complexity index is 1350. The third kappa shape index (κ3) is 4.89. The number of likely N-dealkylation sites (tertiary alicyclic amines) is 1. The van der Waals surface area contributed by atoms with Crippen molar-refractivity contribution < 1.29 is 23.9 Å². The molecule has 188 valence electrons. The molecule has 36 heavy (non-hydrogen) atoms. The number of oxime groups is 1. The molecule has 0 radical (unpaired) electrons. The highest BCUT2D eigenvalue weighted by molar-refractivity contribution is 7.20. The van der Waals surface area contributed by atoms with E-state index in [2.05, 4.69) is 20.4 Å². The van der Waals surface area contributed by atoms with Gasteiger partial charge in [-0.1, -0.05) is 5.16 Å². The first-order valence-electron chi connectivity index (χ1n) is 11.6. The number of aromatic nitrogens is 2. The van der Waals surface area contributed by atoms with Gasteiger partial charge in [0.1, 0.15) is 22.8 Å². The monoisotopic (exact) mass is 510 g/mol. The SMILES string of the molecule is CC(C)NC(=O)c1cc2c(C(=NOCCN3CCCC3=O)c3ccc4c(c3)OCO4)nc(N)nc2s1. The van der Waals surface area contributed by atoms with E-state index in [0.29, 0.717) is 56.5 Å². The molecule has 4 heterocycles. The van der Waals surface area contributed by atoms with Crippen LogP contribution in [-0.4, -0.2) is 64.9 Å². The zero-order valence-corrected chi connectivity index (χ0v) is 20.8. The van der Waals surface area contributed by atoms with Gasteiger partial charge < -0.3 is 30.3 Å². The molecule has 0 aliphatic carbocycles. The van der Waals surface area contributed by atoms with Crippen LogP contribution in [0.1, 0.15) is 47.6 Å². The van der Waals surface area contributed by atoms with Crippen LogP contribution in [0.3, 0.4) is 0 Å². The number of rotatable bonds is 8. The molecule has 5 rings (SSSR count). The Morgan fingerprint density at radius 3 is 2.89 bits per heavy atom. The summed E-state index contributed by atoms with van der Waals surface area (Å²) in [6.07, 6.45) is 1.42. The number of ether oxygens (including phenoxy) is 2. The third-order valence-corrected chi connectivity index (χ3v) is 6.73. The highest BCUT2D eigenvalue weighted by atomic mass is 32.1. The van der Waals surface area contributed by atoms with Crippen LogP contribution in [0.25, 0.3) is 10.2 Å². The molecular weight excluding hydrogens is 484 g/mol. The predicted octanol–water partition coefficient (Wildman–Crippen LogP) is 2.53. The van der Waals surface area contributed by atoms with Crippen molar-refractivity contribution in [2.45, 2.75) is 32.7 Å². The summed E-state index contributed by atoms with van der Waals surface area (Å²) in [4.78, 5) is 41.8. The molecular formula is C24H26N6O5S. The number of anilines is 1. The summed E-state index contributed by atoms with van der Waals surface area (Å²) in [5.41, 5.74) is 7.53. The number of carbonyl (C=O) groups excluding carboxylic acids is 2. The number of benzene rings is 1. The van der Waals surface area contributed by atoms with Crippen LogP contribution in [0.15, 0.2) is 29.4 Å². The number of hydrogen-bond donors (Lipinski definition) is 2. The summed E-state index contributed by atoms with van der Waals surface area (Å²) < 4.78 is 11.0. The molecule has 12 heteroatoms. The van der Waals surface area contributed by atoms with Crippen molar-refractivity contribution in [3.05, 3.63) is 40.4 Å². The van der Waals surface area contributed by atoms with E-state index >= 15 is 0 Å². The number of carbonyl (C=O) groups is 2. The second-order valence-corrected chi connectivity index (χ2v) is 9.74. The number of nitrogen functional groups attached to an aromatic ring is 1. The van der Waals surface area contributed by atoms with E-state index < -0.39 is 0 Å². The van der Waals surface area contributed by atoms with Crippen molar-refractivity contribution in [2.75, 3.05) is 32.2 Å². The van der Waals surface area contributed by atoms with Gasteiger partial charge in [0.05, 0.1) is 11.4 Å². The lowest BCUT2D eigenvalue weighted by atomic mass is 10.0. The van der Waals surface area contributed by atoms with Crippen LogP contribution in [-0.2, 0) is 9.63 Å². The van der Waals surface area contributed by atoms with Gasteiger partial charge in [-0.05, 0) is 44.5 Å². The van der Waals surface area contributed by atoms with E-state index in [0.717, 1.165) is 13.0 Å². The first-order valence-corrected chi connectivity index (χ1v) is 12.5. The molecule has 3 N–H and O–H groups in total. The fraction of sp³-hybridized carbons (Fsp3) is 0.375. The third-order valence-electron chi connectivity index (χ3n) is 5.70. The molecule has 2 aliphatic heterocycles. The normalized spacial score (nSPS) is 15.2. The number of thiophene rings is 1. The van der Waals surface area contributed by atoms with Crippen LogP contribution in [0.5, 0.6) is 11.5 Å². The van der Waals surface area contributed by atoms with Crippen LogP contribution >= 0.6 is 11.3 Å². The number of fused-ring (bicyclic) bond motifs is 2. The maximum Gasteiger partial charge on any atom is 0.261 e. The summed E-state index contributed by atoms with van der Waals surface area (Å²) in [6, 6.07) is 7.12. The van der Waals surface area contributed by atoms with Gasteiger partial charge in [0.2, 0.25) is 18.6 Å². The van der Waals surface area contributed by atoms with Gasteiger partial charge in [-0.3, -0.25) is 9.59 Å². The minimum Gasteiger partial charge on any atom is -0.454 e. The number of nitrogens with one attached hydrogen (secondary N) is 1. The zero-order chi connectivity index (χ0) is 25.2. The van der Waals surface area contributed by atoms with Crippen molar-refractivity contribution in [1.29, 1.82) is 0 Å². The Labute approximate surface area is 211 Å². The lowest BCUT2D eigenvalue weighted by molar-refractivity contribution is -0.128. The van der Waals surface area contributed by atoms with E-state index in [-0.39, 0.29) is 37.2 Å². The molecule has 2 aliphatic rings. The fourth-order valence-corrected chi connectivity index (χ4v) is 4.98. The molecule has 2 amide bonds. The Morgan fingerprint density at radius 2 is 2.11 bits per heavy atom. The molecule has 3 aromatic rings. The minimum absolute atomic E-state index is 0.0139. The van der Waals surface area contributed by atoms with Crippen molar-refractivity contribution in [2.24, 2.45) is 5.16 Å². The number of amides is 2. The topological polar surface area (TPSA) is 141 Å². The molecule has 0 atom stereocenters. The molecule has 0 saturated carbocycles. The molecule has 2 aromatic heterocycles. The van der Waals surface area contributed by atoms with Gasteiger partial charge in [-0.2, -0.15) is 0 Å². The molecule has 0 bridgehead atoms. The minimum atomic E-state index is -0.203. The molecule has 1 saturated heterocycles. The summed E-state index contributed by atoms with van der Waals surface area (Å²) >= 11 is 1.23. The van der Waals surface area contributed by atoms with Crippen molar-refractivity contribution in [1.82, 2.24) is 20.2 Å². The summed E-state index contributed by atoms with van der Waals surface area (Å²) in [5, 5.41) is 7.92.